The highest BCUT2D eigenvalue weighted by Gasteiger charge is 2.24. The third-order valence-electron chi connectivity index (χ3n) is 6.81. The van der Waals surface area contributed by atoms with Crippen LogP contribution in [0.3, 0.4) is 0 Å². The summed E-state index contributed by atoms with van der Waals surface area (Å²) in [7, 11) is 0. The third-order valence-corrected chi connectivity index (χ3v) is 6.81. The first-order chi connectivity index (χ1) is 15.4. The van der Waals surface area contributed by atoms with Crippen molar-refractivity contribution < 1.29 is 0 Å². The molecule has 0 aliphatic carbocycles. The first-order valence-corrected chi connectivity index (χ1v) is 11.3. The standard InChI is InChI=1S/C29H26N2/c1-2-8-22(9-3-1)27-20-23(18-19-30-27)21-14-16-24(17-15-21)31-28-12-6-4-10-25(28)26-11-5-7-13-29(26)31/h1-17,23,27,30H,18-20H2. The molecule has 0 spiro atoms. The summed E-state index contributed by atoms with van der Waals surface area (Å²) in [6.07, 6.45) is 2.34. The second-order valence-electron chi connectivity index (χ2n) is 8.60. The van der Waals surface area contributed by atoms with Crippen molar-refractivity contribution >= 4 is 21.8 Å². The lowest BCUT2D eigenvalue weighted by Crippen LogP contribution is -2.30. The molecule has 2 heterocycles. The predicted octanol–water partition coefficient (Wildman–Crippen LogP) is 6.99. The van der Waals surface area contributed by atoms with E-state index < -0.39 is 0 Å². The van der Waals surface area contributed by atoms with E-state index in [0.717, 1.165) is 13.0 Å². The lowest BCUT2D eigenvalue weighted by atomic mass is 9.84. The molecule has 152 valence electrons. The van der Waals surface area contributed by atoms with Crippen molar-refractivity contribution in [3.05, 3.63) is 114 Å². The molecule has 6 rings (SSSR count). The highest BCUT2D eigenvalue weighted by molar-refractivity contribution is 6.09. The molecule has 0 saturated carbocycles. The van der Waals surface area contributed by atoms with E-state index >= 15 is 0 Å². The summed E-state index contributed by atoms with van der Waals surface area (Å²) in [4.78, 5) is 0. The monoisotopic (exact) mass is 402 g/mol. The van der Waals surface area contributed by atoms with E-state index in [2.05, 4.69) is 113 Å². The van der Waals surface area contributed by atoms with Gasteiger partial charge in [0.05, 0.1) is 11.0 Å². The quantitative estimate of drug-likeness (QED) is 0.344. The SMILES string of the molecule is c1ccc(C2CC(c3ccc(-n4c5ccccc5c5ccccc54)cc3)CCN2)cc1. The Balaban J connectivity index is 1.35. The van der Waals surface area contributed by atoms with Gasteiger partial charge in [0.2, 0.25) is 0 Å². The number of hydrogen-bond acceptors (Lipinski definition) is 1. The van der Waals surface area contributed by atoms with Gasteiger partial charge in [-0.2, -0.15) is 0 Å². The smallest absolute Gasteiger partial charge is 0.0541 e. The molecule has 0 radical (unpaired) electrons. The lowest BCUT2D eigenvalue weighted by molar-refractivity contribution is 0.370. The number of nitrogens with zero attached hydrogens (tertiary/aromatic N) is 1. The first kappa shape index (κ1) is 18.4. The highest BCUT2D eigenvalue weighted by Crippen LogP contribution is 2.36. The van der Waals surface area contributed by atoms with Crippen LogP contribution in [-0.2, 0) is 0 Å². The molecule has 2 unspecified atom stereocenters. The Morgan fingerprint density at radius 2 is 1.23 bits per heavy atom. The van der Waals surface area contributed by atoms with Crippen LogP contribution in [0.5, 0.6) is 0 Å². The fraction of sp³-hybridized carbons (Fsp3) is 0.172. The van der Waals surface area contributed by atoms with E-state index in [1.54, 1.807) is 0 Å². The topological polar surface area (TPSA) is 17.0 Å². The number of para-hydroxylation sites is 2. The Labute approximate surface area is 183 Å². The van der Waals surface area contributed by atoms with Gasteiger partial charge in [-0.05, 0) is 60.7 Å². The Morgan fingerprint density at radius 1 is 0.613 bits per heavy atom. The third kappa shape index (κ3) is 3.24. The maximum absolute atomic E-state index is 3.71. The fourth-order valence-corrected chi connectivity index (χ4v) is 5.26. The number of aromatic nitrogens is 1. The maximum Gasteiger partial charge on any atom is 0.0541 e. The van der Waals surface area contributed by atoms with Gasteiger partial charge in [-0.1, -0.05) is 78.9 Å². The number of nitrogens with one attached hydrogen (secondary N) is 1. The molecule has 1 fully saturated rings. The summed E-state index contributed by atoms with van der Waals surface area (Å²) in [6.45, 7) is 1.07. The van der Waals surface area contributed by atoms with E-state index in [1.807, 2.05) is 0 Å². The zero-order valence-corrected chi connectivity index (χ0v) is 17.5. The largest absolute Gasteiger partial charge is 0.310 e. The van der Waals surface area contributed by atoms with Crippen LogP contribution >= 0.6 is 0 Å². The molecular formula is C29H26N2. The van der Waals surface area contributed by atoms with Gasteiger partial charge in [0, 0.05) is 22.5 Å². The van der Waals surface area contributed by atoms with Crippen LogP contribution in [-0.4, -0.2) is 11.1 Å². The van der Waals surface area contributed by atoms with E-state index in [1.165, 1.54) is 45.0 Å². The van der Waals surface area contributed by atoms with Crippen LogP contribution in [0.4, 0.5) is 0 Å². The summed E-state index contributed by atoms with van der Waals surface area (Å²) in [5, 5.41) is 6.33. The van der Waals surface area contributed by atoms with Gasteiger partial charge in [0.1, 0.15) is 0 Å². The van der Waals surface area contributed by atoms with E-state index in [0.29, 0.717) is 12.0 Å². The number of piperidine rings is 1. The van der Waals surface area contributed by atoms with Gasteiger partial charge in [-0.3, -0.25) is 0 Å². The van der Waals surface area contributed by atoms with Crippen molar-refractivity contribution in [1.29, 1.82) is 0 Å². The van der Waals surface area contributed by atoms with Crippen molar-refractivity contribution in [3.63, 3.8) is 0 Å². The van der Waals surface area contributed by atoms with Crippen molar-refractivity contribution in [2.24, 2.45) is 0 Å². The van der Waals surface area contributed by atoms with Crippen LogP contribution in [0.15, 0.2) is 103 Å². The van der Waals surface area contributed by atoms with E-state index in [-0.39, 0.29) is 0 Å². The highest BCUT2D eigenvalue weighted by atomic mass is 15.0. The van der Waals surface area contributed by atoms with Crippen LogP contribution in [0.2, 0.25) is 0 Å². The second-order valence-corrected chi connectivity index (χ2v) is 8.60. The molecular weight excluding hydrogens is 376 g/mol. The predicted molar refractivity (Wildman–Crippen MR) is 130 cm³/mol. The van der Waals surface area contributed by atoms with Crippen LogP contribution in [0, 0.1) is 0 Å². The Hall–Kier alpha value is -3.36. The Bertz CT molecular complexity index is 1280. The van der Waals surface area contributed by atoms with Gasteiger partial charge in [-0.15, -0.1) is 0 Å². The van der Waals surface area contributed by atoms with E-state index in [9.17, 15) is 0 Å². The van der Waals surface area contributed by atoms with Crippen molar-refractivity contribution in [2.75, 3.05) is 6.54 Å². The number of hydrogen-bond donors (Lipinski definition) is 1. The molecule has 1 N–H and O–H groups in total. The molecule has 0 amide bonds. The van der Waals surface area contributed by atoms with Gasteiger partial charge in [-0.25, -0.2) is 0 Å². The summed E-state index contributed by atoms with van der Waals surface area (Å²) >= 11 is 0. The summed E-state index contributed by atoms with van der Waals surface area (Å²) in [6, 6.07) is 38.0. The van der Waals surface area contributed by atoms with Gasteiger partial charge >= 0.3 is 0 Å². The minimum atomic E-state index is 0.442. The molecule has 2 atom stereocenters. The molecule has 4 aromatic carbocycles. The number of fused-ring (bicyclic) bond motifs is 3. The zero-order chi connectivity index (χ0) is 20.6. The summed E-state index contributed by atoms with van der Waals surface area (Å²) < 4.78 is 2.39. The van der Waals surface area contributed by atoms with Crippen LogP contribution in [0.1, 0.15) is 35.9 Å². The maximum atomic E-state index is 3.71. The van der Waals surface area contributed by atoms with Gasteiger partial charge in [0.25, 0.3) is 0 Å². The minimum Gasteiger partial charge on any atom is -0.310 e. The molecule has 2 nitrogen and oxygen atoms in total. The average molecular weight is 403 g/mol. The number of benzene rings is 4. The average Bonchev–Trinajstić information content (AvgIpc) is 3.19. The molecule has 1 aromatic heterocycles. The van der Waals surface area contributed by atoms with Gasteiger partial charge in [0.15, 0.2) is 0 Å². The molecule has 2 heteroatoms. The summed E-state index contributed by atoms with van der Waals surface area (Å²) in [5.74, 6) is 0.596. The second kappa shape index (κ2) is 7.72. The van der Waals surface area contributed by atoms with Gasteiger partial charge < -0.3 is 9.88 Å². The van der Waals surface area contributed by atoms with E-state index in [4.69, 9.17) is 0 Å². The van der Waals surface area contributed by atoms with Crippen molar-refractivity contribution in [2.45, 2.75) is 24.8 Å². The lowest BCUT2D eigenvalue weighted by Gasteiger charge is -2.31. The Kier molecular flexibility index (Phi) is 4.58. The zero-order valence-electron chi connectivity index (χ0n) is 17.5. The van der Waals surface area contributed by atoms with Crippen molar-refractivity contribution in [1.82, 2.24) is 9.88 Å². The fourth-order valence-electron chi connectivity index (χ4n) is 5.26. The Morgan fingerprint density at radius 3 is 1.90 bits per heavy atom. The van der Waals surface area contributed by atoms with Crippen LogP contribution in [0.25, 0.3) is 27.5 Å². The van der Waals surface area contributed by atoms with Crippen LogP contribution < -0.4 is 5.32 Å². The molecule has 1 saturated heterocycles. The molecule has 5 aromatic rings. The molecule has 31 heavy (non-hydrogen) atoms. The first-order valence-electron chi connectivity index (χ1n) is 11.3. The minimum absolute atomic E-state index is 0.442. The molecule has 0 bridgehead atoms. The molecule has 1 aliphatic heterocycles. The molecule has 1 aliphatic rings. The summed E-state index contributed by atoms with van der Waals surface area (Å²) in [5.41, 5.74) is 6.61. The normalized spacial score (nSPS) is 19.1. The van der Waals surface area contributed by atoms with Crippen molar-refractivity contribution in [3.8, 4) is 5.69 Å². The number of rotatable bonds is 3.